The van der Waals surface area contributed by atoms with E-state index in [9.17, 15) is 4.79 Å². The van der Waals surface area contributed by atoms with Crippen molar-refractivity contribution < 1.29 is 4.79 Å². The van der Waals surface area contributed by atoms with Gasteiger partial charge in [0.1, 0.15) is 5.69 Å². The summed E-state index contributed by atoms with van der Waals surface area (Å²) in [5.41, 5.74) is 0.784. The van der Waals surface area contributed by atoms with Crippen molar-refractivity contribution >= 4 is 5.91 Å². The van der Waals surface area contributed by atoms with Gasteiger partial charge in [0, 0.05) is 25.8 Å². The Hall–Kier alpha value is -1.25. The fraction of sp³-hybridized carbons (Fsp3) is 0.500. The van der Waals surface area contributed by atoms with E-state index >= 15 is 0 Å². The van der Waals surface area contributed by atoms with E-state index in [4.69, 9.17) is 0 Å². The van der Waals surface area contributed by atoms with E-state index in [0.29, 0.717) is 6.04 Å². The van der Waals surface area contributed by atoms with E-state index in [1.165, 1.54) is 0 Å². The van der Waals surface area contributed by atoms with Gasteiger partial charge in [0.15, 0.2) is 0 Å². The number of nitrogens with zero attached hydrogens (tertiary/aromatic N) is 2. The molecule has 0 saturated carbocycles. The number of hydrogen-bond donors (Lipinski definition) is 0. The molecule has 0 spiro atoms. The van der Waals surface area contributed by atoms with Gasteiger partial charge in [-0.2, -0.15) is 0 Å². The maximum Gasteiger partial charge on any atom is 0.270 e. The fourth-order valence-electron chi connectivity index (χ4n) is 1.65. The molecular formula is C10H14N2O. The fourth-order valence-corrected chi connectivity index (χ4v) is 1.65. The lowest BCUT2D eigenvalue weighted by Gasteiger charge is -2.38. The number of aryl methyl sites for hydroxylation is 1. The summed E-state index contributed by atoms with van der Waals surface area (Å²) in [5, 5.41) is 0. The Labute approximate surface area is 78.0 Å². The molecule has 1 unspecified atom stereocenters. The van der Waals surface area contributed by atoms with Gasteiger partial charge in [-0.05, 0) is 25.5 Å². The van der Waals surface area contributed by atoms with Crippen molar-refractivity contribution in [3.05, 3.63) is 24.0 Å². The Balaban J connectivity index is 2.18. The summed E-state index contributed by atoms with van der Waals surface area (Å²) < 4.78 is 1.87. The Morgan fingerprint density at radius 1 is 1.62 bits per heavy atom. The number of carbonyl (C=O) groups excluding carboxylic acids is 1. The minimum atomic E-state index is 0.159. The molecule has 1 aromatic heterocycles. The molecule has 1 aliphatic heterocycles. The zero-order valence-corrected chi connectivity index (χ0v) is 8.03. The molecule has 1 atom stereocenters. The van der Waals surface area contributed by atoms with Gasteiger partial charge in [0.2, 0.25) is 0 Å². The summed E-state index contributed by atoms with van der Waals surface area (Å²) in [7, 11) is 1.90. The lowest BCUT2D eigenvalue weighted by molar-refractivity contribution is 0.0492. The molecular weight excluding hydrogens is 164 g/mol. The summed E-state index contributed by atoms with van der Waals surface area (Å²) in [6.07, 6.45) is 3.04. The normalized spacial score (nSPS) is 21.4. The molecule has 1 aliphatic rings. The highest BCUT2D eigenvalue weighted by atomic mass is 16.2. The van der Waals surface area contributed by atoms with E-state index < -0.39 is 0 Å². The second-order valence-corrected chi connectivity index (χ2v) is 3.64. The first kappa shape index (κ1) is 8.35. The second-order valence-electron chi connectivity index (χ2n) is 3.64. The summed E-state index contributed by atoms with van der Waals surface area (Å²) in [6.45, 7) is 3.00. The third kappa shape index (κ3) is 1.24. The van der Waals surface area contributed by atoms with Crippen LogP contribution < -0.4 is 0 Å². The standard InChI is InChI=1S/C10H14N2O/c1-8-5-7-12(8)10(13)9-4-3-6-11(9)2/h3-4,6,8H,5,7H2,1-2H3. The summed E-state index contributed by atoms with van der Waals surface area (Å²) in [5.74, 6) is 0.159. The Bertz CT molecular complexity index is 329. The molecule has 1 amide bonds. The predicted octanol–water partition coefficient (Wildman–Crippen LogP) is 1.26. The number of rotatable bonds is 1. The maximum atomic E-state index is 11.8. The lowest BCUT2D eigenvalue weighted by atomic mass is 10.1. The number of likely N-dealkylation sites (tertiary alicyclic amines) is 1. The molecule has 2 heterocycles. The van der Waals surface area contributed by atoms with Gasteiger partial charge in [-0.3, -0.25) is 4.79 Å². The van der Waals surface area contributed by atoms with Crippen LogP contribution in [0.1, 0.15) is 23.8 Å². The molecule has 13 heavy (non-hydrogen) atoms. The van der Waals surface area contributed by atoms with Crippen LogP contribution in [0.5, 0.6) is 0 Å². The van der Waals surface area contributed by atoms with Gasteiger partial charge in [-0.1, -0.05) is 0 Å². The summed E-state index contributed by atoms with van der Waals surface area (Å²) in [6, 6.07) is 4.19. The number of carbonyl (C=O) groups is 1. The Morgan fingerprint density at radius 3 is 2.77 bits per heavy atom. The van der Waals surface area contributed by atoms with Gasteiger partial charge in [0.05, 0.1) is 0 Å². The predicted molar refractivity (Wildman–Crippen MR) is 50.5 cm³/mol. The topological polar surface area (TPSA) is 25.2 Å². The monoisotopic (exact) mass is 178 g/mol. The van der Waals surface area contributed by atoms with E-state index in [2.05, 4.69) is 6.92 Å². The van der Waals surface area contributed by atoms with Crippen LogP contribution in [0.2, 0.25) is 0 Å². The molecule has 0 radical (unpaired) electrons. The molecule has 0 aromatic carbocycles. The van der Waals surface area contributed by atoms with Crippen molar-refractivity contribution in [2.45, 2.75) is 19.4 Å². The maximum absolute atomic E-state index is 11.8. The van der Waals surface area contributed by atoms with Crippen LogP contribution in [-0.2, 0) is 7.05 Å². The van der Waals surface area contributed by atoms with Crippen LogP contribution in [0, 0.1) is 0 Å². The van der Waals surface area contributed by atoms with Crippen LogP contribution in [0.3, 0.4) is 0 Å². The summed E-state index contributed by atoms with van der Waals surface area (Å²) in [4.78, 5) is 13.7. The average molecular weight is 178 g/mol. The van der Waals surface area contributed by atoms with Crippen molar-refractivity contribution in [2.24, 2.45) is 7.05 Å². The van der Waals surface area contributed by atoms with Crippen LogP contribution in [0.25, 0.3) is 0 Å². The molecule has 70 valence electrons. The molecule has 0 N–H and O–H groups in total. The molecule has 1 fully saturated rings. The summed E-state index contributed by atoms with van der Waals surface area (Å²) >= 11 is 0. The van der Waals surface area contributed by atoms with Crippen LogP contribution >= 0.6 is 0 Å². The second kappa shape index (κ2) is 2.91. The van der Waals surface area contributed by atoms with E-state index in [1.54, 1.807) is 0 Å². The van der Waals surface area contributed by atoms with Crippen LogP contribution in [0.15, 0.2) is 18.3 Å². The van der Waals surface area contributed by atoms with Gasteiger partial charge in [-0.25, -0.2) is 0 Å². The highest BCUT2D eigenvalue weighted by Crippen LogP contribution is 2.19. The van der Waals surface area contributed by atoms with Gasteiger partial charge in [-0.15, -0.1) is 0 Å². The SMILES string of the molecule is CC1CCN1C(=O)c1cccn1C. The molecule has 3 nitrogen and oxygen atoms in total. The number of amides is 1. The largest absolute Gasteiger partial charge is 0.347 e. The first-order valence-electron chi connectivity index (χ1n) is 4.62. The molecule has 1 saturated heterocycles. The third-order valence-corrected chi connectivity index (χ3v) is 2.74. The van der Waals surface area contributed by atoms with Gasteiger partial charge >= 0.3 is 0 Å². The Morgan fingerprint density at radius 2 is 2.38 bits per heavy atom. The number of aromatic nitrogens is 1. The first-order chi connectivity index (χ1) is 6.20. The van der Waals surface area contributed by atoms with Crippen molar-refractivity contribution in [3.8, 4) is 0 Å². The minimum Gasteiger partial charge on any atom is -0.347 e. The Kier molecular flexibility index (Phi) is 1.87. The zero-order valence-electron chi connectivity index (χ0n) is 8.03. The zero-order chi connectivity index (χ0) is 9.42. The highest BCUT2D eigenvalue weighted by molar-refractivity contribution is 5.93. The van der Waals surface area contributed by atoms with E-state index in [1.807, 2.05) is 34.8 Å². The highest BCUT2D eigenvalue weighted by Gasteiger charge is 2.29. The first-order valence-corrected chi connectivity index (χ1v) is 4.62. The van der Waals surface area contributed by atoms with E-state index in [0.717, 1.165) is 18.7 Å². The smallest absolute Gasteiger partial charge is 0.270 e. The molecule has 1 aromatic rings. The van der Waals surface area contributed by atoms with Crippen LogP contribution in [0.4, 0.5) is 0 Å². The van der Waals surface area contributed by atoms with Crippen LogP contribution in [-0.4, -0.2) is 28.0 Å². The molecule has 2 rings (SSSR count). The third-order valence-electron chi connectivity index (χ3n) is 2.74. The molecule has 3 heteroatoms. The van der Waals surface area contributed by atoms with Crippen molar-refractivity contribution in [2.75, 3.05) is 6.54 Å². The van der Waals surface area contributed by atoms with Crippen molar-refractivity contribution in [3.63, 3.8) is 0 Å². The van der Waals surface area contributed by atoms with Crippen molar-refractivity contribution in [1.29, 1.82) is 0 Å². The molecule has 0 aliphatic carbocycles. The van der Waals surface area contributed by atoms with Crippen molar-refractivity contribution in [1.82, 2.24) is 9.47 Å². The quantitative estimate of drug-likeness (QED) is 0.635. The molecule has 0 bridgehead atoms. The van der Waals surface area contributed by atoms with E-state index in [-0.39, 0.29) is 5.91 Å². The lowest BCUT2D eigenvalue weighted by Crippen LogP contribution is -2.49. The number of hydrogen-bond acceptors (Lipinski definition) is 1. The average Bonchev–Trinajstić information content (AvgIpc) is 2.48. The van der Waals surface area contributed by atoms with Gasteiger partial charge < -0.3 is 9.47 Å². The van der Waals surface area contributed by atoms with Gasteiger partial charge in [0.25, 0.3) is 5.91 Å². The minimum absolute atomic E-state index is 0.159.